The van der Waals surface area contributed by atoms with Crippen molar-refractivity contribution in [2.24, 2.45) is 17.6 Å². The van der Waals surface area contributed by atoms with Gasteiger partial charge in [-0.2, -0.15) is 0 Å². The third-order valence-corrected chi connectivity index (χ3v) is 4.25. The summed E-state index contributed by atoms with van der Waals surface area (Å²) in [5, 5.41) is 3.41. The molecular weight excluding hydrogens is 212 g/mol. The fourth-order valence-electron chi connectivity index (χ4n) is 2.91. The minimum absolute atomic E-state index is 0.157. The van der Waals surface area contributed by atoms with Crippen LogP contribution in [0.5, 0.6) is 0 Å². The maximum absolute atomic E-state index is 11.8. The highest BCUT2D eigenvalue weighted by molar-refractivity contribution is 5.84. The lowest BCUT2D eigenvalue weighted by atomic mass is 9.86. The van der Waals surface area contributed by atoms with E-state index in [1.54, 1.807) is 0 Å². The monoisotopic (exact) mass is 240 g/mol. The van der Waals surface area contributed by atoms with Crippen LogP contribution in [0.15, 0.2) is 0 Å². The zero-order chi connectivity index (χ0) is 12.9. The summed E-state index contributed by atoms with van der Waals surface area (Å²) < 4.78 is 0. The van der Waals surface area contributed by atoms with Crippen LogP contribution in [-0.4, -0.2) is 18.0 Å². The van der Waals surface area contributed by atoms with E-state index in [1.165, 1.54) is 6.42 Å². The third kappa shape index (κ3) is 3.70. The highest BCUT2D eigenvalue weighted by Crippen LogP contribution is 2.33. The summed E-state index contributed by atoms with van der Waals surface area (Å²) in [4.78, 5) is 11.8. The van der Waals surface area contributed by atoms with Gasteiger partial charge in [-0.3, -0.25) is 4.79 Å². The predicted molar refractivity (Wildman–Crippen MR) is 71.6 cm³/mol. The molecule has 1 rings (SSSR count). The number of carbonyl (C=O) groups is 1. The first-order valence-corrected chi connectivity index (χ1v) is 7.07. The number of hydrogen-bond donors (Lipinski definition) is 2. The summed E-state index contributed by atoms with van der Waals surface area (Å²) in [5.74, 6) is 1.31. The normalized spacial score (nSPS) is 30.2. The first-order valence-electron chi connectivity index (χ1n) is 7.07. The number of primary amides is 1. The molecule has 1 fully saturated rings. The van der Waals surface area contributed by atoms with Crippen molar-refractivity contribution in [3.8, 4) is 0 Å². The summed E-state index contributed by atoms with van der Waals surface area (Å²) >= 11 is 0. The molecule has 100 valence electrons. The minimum Gasteiger partial charge on any atom is -0.368 e. The molecule has 3 N–H and O–H groups in total. The Hall–Kier alpha value is -0.570. The van der Waals surface area contributed by atoms with Crippen LogP contribution in [0.3, 0.4) is 0 Å². The van der Waals surface area contributed by atoms with Gasteiger partial charge in [0.15, 0.2) is 0 Å². The summed E-state index contributed by atoms with van der Waals surface area (Å²) in [5.41, 5.74) is 5.20. The molecule has 0 bridgehead atoms. The van der Waals surface area contributed by atoms with Crippen LogP contribution >= 0.6 is 0 Å². The molecule has 0 aromatic carbocycles. The number of rotatable bonds is 5. The minimum atomic E-state index is -0.431. The zero-order valence-electron chi connectivity index (χ0n) is 11.6. The molecule has 0 radical (unpaired) electrons. The van der Waals surface area contributed by atoms with E-state index in [9.17, 15) is 4.79 Å². The van der Waals surface area contributed by atoms with Gasteiger partial charge in [-0.15, -0.1) is 0 Å². The second-order valence-electron chi connectivity index (χ2n) is 5.81. The molecule has 1 amide bonds. The van der Waals surface area contributed by atoms with Gasteiger partial charge in [0.1, 0.15) is 0 Å². The van der Waals surface area contributed by atoms with Gasteiger partial charge in [0.25, 0.3) is 0 Å². The topological polar surface area (TPSA) is 55.1 Å². The Kier molecular flexibility index (Phi) is 5.44. The third-order valence-electron chi connectivity index (χ3n) is 4.25. The van der Waals surface area contributed by atoms with Gasteiger partial charge >= 0.3 is 0 Å². The Labute approximate surface area is 106 Å². The van der Waals surface area contributed by atoms with Crippen LogP contribution < -0.4 is 11.1 Å². The Balaban J connectivity index is 2.69. The van der Waals surface area contributed by atoms with E-state index in [-0.39, 0.29) is 5.91 Å². The van der Waals surface area contributed by atoms with E-state index in [4.69, 9.17) is 5.73 Å². The number of hydrogen-bond acceptors (Lipinski definition) is 2. The van der Waals surface area contributed by atoms with Crippen LogP contribution in [0.25, 0.3) is 0 Å². The lowest BCUT2D eigenvalue weighted by Gasteiger charge is -2.31. The molecule has 0 saturated heterocycles. The SMILES string of the molecule is CCCNC1(C(N)=O)CCCC(C(C)C)CC1. The van der Waals surface area contributed by atoms with Crippen molar-refractivity contribution < 1.29 is 4.79 Å². The fraction of sp³-hybridized carbons (Fsp3) is 0.929. The quantitative estimate of drug-likeness (QED) is 0.725. The van der Waals surface area contributed by atoms with Gasteiger partial charge < -0.3 is 11.1 Å². The molecule has 0 spiro atoms. The van der Waals surface area contributed by atoms with E-state index in [0.717, 1.165) is 44.6 Å². The summed E-state index contributed by atoms with van der Waals surface area (Å²) in [6.45, 7) is 7.56. The van der Waals surface area contributed by atoms with E-state index in [0.29, 0.717) is 5.92 Å². The van der Waals surface area contributed by atoms with E-state index in [2.05, 4.69) is 26.1 Å². The molecule has 0 aromatic rings. The largest absolute Gasteiger partial charge is 0.368 e. The molecular formula is C14H28N2O. The molecule has 1 aliphatic carbocycles. The van der Waals surface area contributed by atoms with Crippen molar-refractivity contribution in [3.05, 3.63) is 0 Å². The molecule has 2 unspecified atom stereocenters. The lowest BCUT2D eigenvalue weighted by Crippen LogP contribution is -2.55. The molecule has 2 atom stereocenters. The van der Waals surface area contributed by atoms with E-state index >= 15 is 0 Å². The van der Waals surface area contributed by atoms with Crippen molar-refractivity contribution in [2.45, 2.75) is 64.8 Å². The molecule has 0 aromatic heterocycles. The standard InChI is InChI=1S/C14H28N2O/c1-4-10-16-14(13(15)17)8-5-6-12(7-9-14)11(2)3/h11-12,16H,4-10H2,1-3H3,(H2,15,17). The van der Waals surface area contributed by atoms with Crippen LogP contribution in [-0.2, 0) is 4.79 Å². The highest BCUT2D eigenvalue weighted by Gasteiger charge is 2.38. The van der Waals surface area contributed by atoms with Gasteiger partial charge in [-0.25, -0.2) is 0 Å². The Morgan fingerprint density at radius 1 is 1.41 bits per heavy atom. The van der Waals surface area contributed by atoms with Crippen molar-refractivity contribution in [1.82, 2.24) is 5.32 Å². The van der Waals surface area contributed by atoms with E-state index < -0.39 is 5.54 Å². The number of nitrogens with two attached hydrogens (primary N) is 1. The summed E-state index contributed by atoms with van der Waals surface area (Å²) in [7, 11) is 0. The van der Waals surface area contributed by atoms with Gasteiger partial charge in [0.2, 0.25) is 5.91 Å². The second-order valence-corrected chi connectivity index (χ2v) is 5.81. The summed E-state index contributed by atoms with van der Waals surface area (Å²) in [6, 6.07) is 0. The Morgan fingerprint density at radius 2 is 2.12 bits per heavy atom. The van der Waals surface area contributed by atoms with Crippen molar-refractivity contribution in [2.75, 3.05) is 6.54 Å². The average molecular weight is 240 g/mol. The zero-order valence-corrected chi connectivity index (χ0v) is 11.6. The first kappa shape index (κ1) is 14.5. The van der Waals surface area contributed by atoms with Crippen LogP contribution in [0.4, 0.5) is 0 Å². The lowest BCUT2D eigenvalue weighted by molar-refractivity contribution is -0.125. The van der Waals surface area contributed by atoms with Crippen molar-refractivity contribution in [3.63, 3.8) is 0 Å². The Morgan fingerprint density at radius 3 is 2.65 bits per heavy atom. The Bertz CT molecular complexity index is 253. The molecule has 1 saturated carbocycles. The molecule has 3 heteroatoms. The van der Waals surface area contributed by atoms with Gasteiger partial charge in [0, 0.05) is 0 Å². The molecule has 0 heterocycles. The fourth-order valence-corrected chi connectivity index (χ4v) is 2.91. The number of amides is 1. The van der Waals surface area contributed by atoms with Crippen LogP contribution in [0.1, 0.15) is 59.3 Å². The summed E-state index contributed by atoms with van der Waals surface area (Å²) in [6.07, 6.45) is 6.33. The maximum atomic E-state index is 11.8. The smallest absolute Gasteiger partial charge is 0.237 e. The average Bonchev–Trinajstić information content (AvgIpc) is 2.49. The highest BCUT2D eigenvalue weighted by atomic mass is 16.1. The number of carbonyl (C=O) groups excluding carboxylic acids is 1. The predicted octanol–water partition coefficient (Wildman–Crippen LogP) is 2.45. The molecule has 3 nitrogen and oxygen atoms in total. The van der Waals surface area contributed by atoms with Crippen molar-refractivity contribution in [1.29, 1.82) is 0 Å². The maximum Gasteiger partial charge on any atom is 0.237 e. The van der Waals surface area contributed by atoms with E-state index in [1.807, 2.05) is 0 Å². The van der Waals surface area contributed by atoms with Crippen LogP contribution in [0, 0.1) is 11.8 Å². The second kappa shape index (κ2) is 6.39. The van der Waals surface area contributed by atoms with Gasteiger partial charge in [-0.05, 0) is 44.1 Å². The van der Waals surface area contributed by atoms with Crippen LogP contribution in [0.2, 0.25) is 0 Å². The number of nitrogens with one attached hydrogen (secondary N) is 1. The molecule has 0 aliphatic heterocycles. The first-order chi connectivity index (χ1) is 8.02. The molecule has 1 aliphatic rings. The van der Waals surface area contributed by atoms with Crippen molar-refractivity contribution >= 4 is 5.91 Å². The van der Waals surface area contributed by atoms with Gasteiger partial charge in [0.05, 0.1) is 5.54 Å². The molecule has 17 heavy (non-hydrogen) atoms. The van der Waals surface area contributed by atoms with Gasteiger partial charge in [-0.1, -0.05) is 33.6 Å².